The molecule has 10 nitrogen and oxygen atoms in total. The number of hydrogen-bond donors (Lipinski definition) is 3. The normalized spacial score (nSPS) is 19.1. The number of nitrogens with zero attached hydrogens (tertiary/aromatic N) is 4. The summed E-state index contributed by atoms with van der Waals surface area (Å²) in [7, 11) is 1.77. The summed E-state index contributed by atoms with van der Waals surface area (Å²) in [6.45, 7) is 2.95. The summed E-state index contributed by atoms with van der Waals surface area (Å²) in [5.41, 5.74) is 7.13. The van der Waals surface area contributed by atoms with Crippen molar-refractivity contribution in [3.05, 3.63) is 35.5 Å². The number of piperidine rings is 1. The number of benzene rings is 1. The standard InChI is InChI=1S/C21H29N7O3S/c1-28-20(18-19(22)27-31-26-18)32-21(25-28)24-17(29)13-15-4-2-6-16(12-15)30-11-3-5-14-7-9-23-10-8-14/h2,4,6,12,14,20,23H,3,5,7-11,13H2,1H3,(H2,22,27)(H,24,25,29). The SMILES string of the molecule is CN1N=C(NC(=O)Cc2cccc(OCCCC3CCNCC3)c2)SC1c1nonc1N. The van der Waals surface area contributed by atoms with Crippen molar-refractivity contribution >= 4 is 28.7 Å². The van der Waals surface area contributed by atoms with Gasteiger partial charge < -0.3 is 21.1 Å². The number of nitrogens with one attached hydrogen (secondary N) is 2. The predicted octanol–water partition coefficient (Wildman–Crippen LogP) is 2.12. The van der Waals surface area contributed by atoms with Gasteiger partial charge in [0.1, 0.15) is 11.1 Å². The van der Waals surface area contributed by atoms with Crippen molar-refractivity contribution in [2.24, 2.45) is 11.0 Å². The minimum atomic E-state index is -0.293. The van der Waals surface area contributed by atoms with E-state index in [-0.39, 0.29) is 23.5 Å². The second kappa shape index (κ2) is 10.7. The average Bonchev–Trinajstić information content (AvgIpc) is 3.36. The van der Waals surface area contributed by atoms with Crippen LogP contribution in [-0.4, -0.2) is 53.1 Å². The summed E-state index contributed by atoms with van der Waals surface area (Å²) in [6.07, 6.45) is 5.00. The van der Waals surface area contributed by atoms with Crippen molar-refractivity contribution in [3.63, 3.8) is 0 Å². The number of carbonyl (C=O) groups is 1. The number of nitrogen functional groups attached to an aromatic ring is 1. The first kappa shape index (κ1) is 22.4. The Balaban J connectivity index is 1.22. The molecule has 0 spiro atoms. The summed E-state index contributed by atoms with van der Waals surface area (Å²) in [5, 5.41) is 19.8. The number of amidine groups is 1. The van der Waals surface area contributed by atoms with Crippen LogP contribution in [0.4, 0.5) is 5.82 Å². The number of hydrogen-bond acceptors (Lipinski definition) is 10. The smallest absolute Gasteiger partial charge is 0.230 e. The Bertz CT molecular complexity index is 945. The number of carbonyl (C=O) groups excluding carboxylic acids is 1. The molecule has 11 heteroatoms. The van der Waals surface area contributed by atoms with Gasteiger partial charge in [0.05, 0.1) is 13.0 Å². The Kier molecular flexibility index (Phi) is 7.48. The maximum atomic E-state index is 12.5. The molecular weight excluding hydrogens is 430 g/mol. The molecule has 1 aromatic heterocycles. The van der Waals surface area contributed by atoms with Crippen LogP contribution in [-0.2, 0) is 11.2 Å². The van der Waals surface area contributed by atoms with E-state index in [1.165, 1.54) is 31.0 Å². The van der Waals surface area contributed by atoms with Gasteiger partial charge in [-0.3, -0.25) is 9.80 Å². The molecular formula is C21H29N7O3S. The van der Waals surface area contributed by atoms with E-state index in [9.17, 15) is 4.79 Å². The Morgan fingerprint density at radius 2 is 2.22 bits per heavy atom. The first-order chi connectivity index (χ1) is 15.6. The van der Waals surface area contributed by atoms with Crippen molar-refractivity contribution in [1.29, 1.82) is 0 Å². The molecule has 4 rings (SSSR count). The van der Waals surface area contributed by atoms with E-state index in [2.05, 4.69) is 30.7 Å². The number of hydrazone groups is 1. The molecule has 0 aliphatic carbocycles. The predicted molar refractivity (Wildman–Crippen MR) is 123 cm³/mol. The van der Waals surface area contributed by atoms with Gasteiger partial charge in [-0.1, -0.05) is 23.9 Å². The molecule has 32 heavy (non-hydrogen) atoms. The monoisotopic (exact) mass is 459 g/mol. The molecule has 3 heterocycles. The van der Waals surface area contributed by atoms with Crippen LogP contribution < -0.4 is 21.1 Å². The lowest BCUT2D eigenvalue weighted by molar-refractivity contribution is -0.119. The van der Waals surface area contributed by atoms with Crippen molar-refractivity contribution in [2.45, 2.75) is 37.5 Å². The van der Waals surface area contributed by atoms with Gasteiger partial charge in [0.2, 0.25) is 5.91 Å². The number of anilines is 1. The van der Waals surface area contributed by atoms with E-state index in [0.29, 0.717) is 17.5 Å². The van der Waals surface area contributed by atoms with Crippen LogP contribution in [0.2, 0.25) is 0 Å². The van der Waals surface area contributed by atoms with Gasteiger partial charge in [-0.2, -0.15) is 5.10 Å². The Hall–Kier alpha value is -2.79. The molecule has 1 fully saturated rings. The maximum Gasteiger partial charge on any atom is 0.230 e. The third kappa shape index (κ3) is 5.92. The van der Waals surface area contributed by atoms with Gasteiger partial charge in [0.15, 0.2) is 16.7 Å². The topological polar surface area (TPSA) is 131 Å². The molecule has 2 aliphatic rings. The third-order valence-corrected chi connectivity index (χ3v) is 6.74. The molecule has 1 unspecified atom stereocenters. The van der Waals surface area contributed by atoms with Gasteiger partial charge in [-0.15, -0.1) is 0 Å². The molecule has 172 valence electrons. The number of nitrogens with two attached hydrogens (primary N) is 1. The zero-order valence-corrected chi connectivity index (χ0v) is 18.9. The van der Waals surface area contributed by atoms with Gasteiger partial charge >= 0.3 is 0 Å². The summed E-state index contributed by atoms with van der Waals surface area (Å²) in [6, 6.07) is 7.68. The molecule has 1 amide bonds. The summed E-state index contributed by atoms with van der Waals surface area (Å²) in [5.74, 6) is 1.66. The maximum absolute atomic E-state index is 12.5. The number of ether oxygens (including phenoxy) is 1. The van der Waals surface area contributed by atoms with Crippen molar-refractivity contribution in [3.8, 4) is 5.75 Å². The van der Waals surface area contributed by atoms with E-state index in [1.54, 1.807) is 12.1 Å². The van der Waals surface area contributed by atoms with Crippen LogP contribution in [0.15, 0.2) is 34.0 Å². The van der Waals surface area contributed by atoms with Crippen LogP contribution in [0.3, 0.4) is 0 Å². The third-order valence-electron chi connectivity index (χ3n) is 5.58. The lowest BCUT2D eigenvalue weighted by atomic mass is 9.93. The minimum Gasteiger partial charge on any atom is -0.494 e. The van der Waals surface area contributed by atoms with Gasteiger partial charge in [-0.25, -0.2) is 4.63 Å². The lowest BCUT2D eigenvalue weighted by Crippen LogP contribution is -2.29. The first-order valence-electron chi connectivity index (χ1n) is 10.9. The Morgan fingerprint density at radius 3 is 3.00 bits per heavy atom. The fraction of sp³-hybridized carbons (Fsp3) is 0.524. The summed E-state index contributed by atoms with van der Waals surface area (Å²) in [4.78, 5) is 12.5. The van der Waals surface area contributed by atoms with Crippen LogP contribution in [0.25, 0.3) is 0 Å². The number of rotatable bonds is 8. The molecule has 2 aliphatic heterocycles. The molecule has 0 saturated carbocycles. The molecule has 1 aromatic carbocycles. The zero-order chi connectivity index (χ0) is 22.3. The fourth-order valence-electron chi connectivity index (χ4n) is 3.89. The highest BCUT2D eigenvalue weighted by atomic mass is 32.2. The molecule has 1 saturated heterocycles. The van der Waals surface area contributed by atoms with Crippen LogP contribution in [0.5, 0.6) is 5.75 Å². The highest BCUT2D eigenvalue weighted by Crippen LogP contribution is 2.38. The number of thioether (sulfide) groups is 1. The molecule has 1 atom stereocenters. The second-order valence-electron chi connectivity index (χ2n) is 8.04. The second-order valence-corrected chi connectivity index (χ2v) is 9.11. The Morgan fingerprint density at radius 1 is 1.38 bits per heavy atom. The van der Waals surface area contributed by atoms with Crippen molar-refractivity contribution < 1.29 is 14.2 Å². The molecule has 4 N–H and O–H groups in total. The van der Waals surface area contributed by atoms with Gasteiger partial charge in [0, 0.05) is 7.05 Å². The fourth-order valence-corrected chi connectivity index (χ4v) is 4.92. The van der Waals surface area contributed by atoms with Crippen molar-refractivity contribution in [1.82, 2.24) is 26.0 Å². The largest absolute Gasteiger partial charge is 0.494 e. The first-order valence-corrected chi connectivity index (χ1v) is 11.7. The molecule has 0 bridgehead atoms. The summed E-state index contributed by atoms with van der Waals surface area (Å²) < 4.78 is 10.6. The van der Waals surface area contributed by atoms with Crippen LogP contribution in [0.1, 0.15) is 42.3 Å². The Labute approximate surface area is 191 Å². The van der Waals surface area contributed by atoms with Gasteiger partial charge in [-0.05, 0) is 72.7 Å². The van der Waals surface area contributed by atoms with Gasteiger partial charge in [0.25, 0.3) is 0 Å². The van der Waals surface area contributed by atoms with E-state index in [4.69, 9.17) is 10.5 Å². The highest BCUT2D eigenvalue weighted by Gasteiger charge is 2.32. The lowest BCUT2D eigenvalue weighted by Gasteiger charge is -2.22. The number of amides is 1. The van der Waals surface area contributed by atoms with E-state index in [0.717, 1.165) is 36.7 Å². The average molecular weight is 460 g/mol. The van der Waals surface area contributed by atoms with E-state index < -0.39 is 0 Å². The minimum absolute atomic E-state index is 0.153. The summed E-state index contributed by atoms with van der Waals surface area (Å²) >= 11 is 1.33. The quantitative estimate of drug-likeness (QED) is 0.508. The van der Waals surface area contributed by atoms with Crippen molar-refractivity contribution in [2.75, 3.05) is 32.5 Å². The highest BCUT2D eigenvalue weighted by molar-refractivity contribution is 8.14. The molecule has 0 radical (unpaired) electrons. The zero-order valence-electron chi connectivity index (χ0n) is 18.1. The number of aromatic nitrogens is 2. The van der Waals surface area contributed by atoms with E-state index in [1.807, 2.05) is 24.3 Å². The molecule has 2 aromatic rings. The van der Waals surface area contributed by atoms with Crippen LogP contribution in [0, 0.1) is 5.92 Å². The van der Waals surface area contributed by atoms with Crippen LogP contribution >= 0.6 is 11.8 Å². The van der Waals surface area contributed by atoms with E-state index >= 15 is 0 Å².